The first-order chi connectivity index (χ1) is 10.6. The third-order valence-corrected chi connectivity index (χ3v) is 4.45. The van der Waals surface area contributed by atoms with Crippen LogP contribution in [0, 0.1) is 0 Å². The molecule has 5 atom stereocenters. The Kier molecular flexibility index (Phi) is 5.07. The fourth-order valence-electron chi connectivity index (χ4n) is 2.20. The molecule has 1 aliphatic heterocycles. The summed E-state index contributed by atoms with van der Waals surface area (Å²) in [6, 6.07) is 5.41. The summed E-state index contributed by atoms with van der Waals surface area (Å²) < 4.78 is 16.2. The van der Waals surface area contributed by atoms with E-state index >= 15 is 0 Å². The van der Waals surface area contributed by atoms with Crippen molar-refractivity contribution in [3.05, 3.63) is 29.8 Å². The molecule has 11 heteroatoms. The van der Waals surface area contributed by atoms with Crippen LogP contribution in [-0.2, 0) is 9.30 Å². The Labute approximate surface area is 130 Å². The van der Waals surface area contributed by atoms with Crippen LogP contribution in [0.25, 0.3) is 0 Å². The highest BCUT2D eigenvalue weighted by molar-refractivity contribution is 7.52. The van der Waals surface area contributed by atoms with Gasteiger partial charge in [0.25, 0.3) is 0 Å². The van der Waals surface area contributed by atoms with E-state index in [0.717, 1.165) is 0 Å². The van der Waals surface area contributed by atoms with Crippen LogP contribution in [0.4, 0.5) is 5.69 Å². The molecule has 2 unspecified atom stereocenters. The van der Waals surface area contributed by atoms with Gasteiger partial charge in [-0.15, -0.1) is 0 Å². The Hall–Kier alpha value is -1.52. The second kappa shape index (κ2) is 6.54. The summed E-state index contributed by atoms with van der Waals surface area (Å²) in [4.78, 5) is 29.3. The molecule has 23 heavy (non-hydrogen) atoms. The number of aliphatic hydroxyl groups is 3. The van der Waals surface area contributed by atoms with Gasteiger partial charge in [-0.2, -0.15) is 0 Å². The van der Waals surface area contributed by atoms with Crippen molar-refractivity contribution >= 4 is 19.3 Å². The number of hydrogen-bond donors (Lipinski definition) is 6. The molecule has 0 spiro atoms. The van der Waals surface area contributed by atoms with E-state index in [4.69, 9.17) is 14.5 Å². The molecule has 6 N–H and O–H groups in total. The quantitative estimate of drug-likeness (QED) is 0.316. The molecule has 128 valence electrons. The minimum absolute atomic E-state index is 0.0513. The topological polar surface area (TPSA) is 180 Å². The maximum absolute atomic E-state index is 11.3. The summed E-state index contributed by atoms with van der Waals surface area (Å²) in [6.45, 7) is 0. The third-order valence-electron chi connectivity index (χ3n) is 3.36. The van der Waals surface area contributed by atoms with E-state index < -0.39 is 43.9 Å². The van der Waals surface area contributed by atoms with Crippen molar-refractivity contribution in [2.75, 3.05) is 5.32 Å². The predicted octanol–water partition coefficient (Wildman–Crippen LogP) is -2.60. The zero-order valence-corrected chi connectivity index (χ0v) is 12.4. The average molecular weight is 348 g/mol. The molecule has 0 amide bonds. The minimum Gasteiger partial charge on any atom is -0.545 e. The van der Waals surface area contributed by atoms with Crippen molar-refractivity contribution in [1.29, 1.82) is 0 Å². The molecular weight excluding hydrogens is 333 g/mol. The fourth-order valence-corrected chi connectivity index (χ4v) is 3.06. The first-order valence-electron chi connectivity index (χ1n) is 6.44. The molecule has 0 saturated carbocycles. The van der Waals surface area contributed by atoms with Gasteiger partial charge in [0, 0.05) is 11.3 Å². The molecule has 1 fully saturated rings. The van der Waals surface area contributed by atoms with Crippen molar-refractivity contribution < 1.29 is 44.3 Å². The van der Waals surface area contributed by atoms with Crippen LogP contribution in [0.15, 0.2) is 24.3 Å². The Morgan fingerprint density at radius 2 is 1.74 bits per heavy atom. The van der Waals surface area contributed by atoms with Gasteiger partial charge in [0.15, 0.2) is 12.1 Å². The van der Waals surface area contributed by atoms with Crippen molar-refractivity contribution in [3.63, 3.8) is 0 Å². The standard InChI is InChI=1S/C12H16NO9P/c14-7-8(15)10(22-12(9(7)16)23(19,20)21)13-6-4-2-1-3-5(6)11(17)18/h1-4,7-10,12-16H,(H,17,18)(H2,19,20,21)/p-1/t7-,8+,9-,10?,12?/m0/s1. The van der Waals surface area contributed by atoms with Gasteiger partial charge in [-0.25, -0.2) is 0 Å². The largest absolute Gasteiger partial charge is 0.545 e. The van der Waals surface area contributed by atoms with E-state index in [1.54, 1.807) is 0 Å². The average Bonchev–Trinajstić information content (AvgIpc) is 2.47. The van der Waals surface area contributed by atoms with Crippen molar-refractivity contribution in [3.8, 4) is 0 Å². The van der Waals surface area contributed by atoms with Crippen LogP contribution >= 0.6 is 7.60 Å². The van der Waals surface area contributed by atoms with Crippen LogP contribution in [0.2, 0.25) is 0 Å². The Morgan fingerprint density at radius 3 is 2.30 bits per heavy atom. The van der Waals surface area contributed by atoms with Crippen LogP contribution in [-0.4, -0.2) is 61.5 Å². The number of ether oxygens (including phenoxy) is 1. The Morgan fingerprint density at radius 1 is 1.13 bits per heavy atom. The summed E-state index contributed by atoms with van der Waals surface area (Å²) in [5.74, 6) is -3.60. The number of para-hydroxylation sites is 1. The first kappa shape index (κ1) is 17.8. The first-order valence-corrected chi connectivity index (χ1v) is 8.13. The number of hydrogen-bond acceptors (Lipinski definition) is 8. The number of carbonyl (C=O) groups excluding carboxylic acids is 1. The third kappa shape index (κ3) is 3.70. The van der Waals surface area contributed by atoms with Gasteiger partial charge in [0.05, 0.1) is 5.97 Å². The molecular formula is C12H15NO9P-. The highest BCUT2D eigenvalue weighted by Gasteiger charge is 2.50. The molecule has 0 bridgehead atoms. The lowest BCUT2D eigenvalue weighted by molar-refractivity contribution is -0.254. The van der Waals surface area contributed by atoms with E-state index in [9.17, 15) is 29.8 Å². The monoisotopic (exact) mass is 348 g/mol. The van der Waals surface area contributed by atoms with Gasteiger partial charge in [-0.1, -0.05) is 18.2 Å². The lowest BCUT2D eigenvalue weighted by Gasteiger charge is -2.41. The lowest BCUT2D eigenvalue weighted by atomic mass is 10.0. The number of aliphatic hydroxyl groups excluding tert-OH is 3. The molecule has 0 aromatic heterocycles. The highest BCUT2D eigenvalue weighted by atomic mass is 31.2. The SMILES string of the molecule is O=C([O-])c1ccccc1NC1OC(P(=O)(O)O)[C@@H](O)[C@@H](O)[C@H]1O. The molecule has 1 aromatic carbocycles. The van der Waals surface area contributed by atoms with Gasteiger partial charge < -0.3 is 45.1 Å². The number of carboxylic acid groups (broad SMARTS) is 1. The summed E-state index contributed by atoms with van der Waals surface area (Å²) in [5, 5.41) is 42.6. The summed E-state index contributed by atoms with van der Waals surface area (Å²) in [5.41, 5.74) is -0.332. The number of benzene rings is 1. The number of nitrogens with one attached hydrogen (secondary N) is 1. The molecule has 1 aliphatic rings. The van der Waals surface area contributed by atoms with E-state index in [1.165, 1.54) is 24.3 Å². The van der Waals surface area contributed by atoms with Gasteiger partial charge in [-0.05, 0) is 6.07 Å². The highest BCUT2D eigenvalue weighted by Crippen LogP contribution is 2.47. The van der Waals surface area contributed by atoms with E-state index in [1.807, 2.05) is 0 Å². The summed E-state index contributed by atoms with van der Waals surface area (Å²) in [7, 11) is -4.95. The van der Waals surface area contributed by atoms with E-state index in [2.05, 4.69) is 5.32 Å². The Balaban J connectivity index is 2.29. The predicted molar refractivity (Wildman–Crippen MR) is 73.1 cm³/mol. The number of anilines is 1. The van der Waals surface area contributed by atoms with Gasteiger partial charge >= 0.3 is 7.60 Å². The maximum atomic E-state index is 11.3. The van der Waals surface area contributed by atoms with Crippen LogP contribution in [0.3, 0.4) is 0 Å². The normalized spacial score (nSPS) is 31.6. The minimum atomic E-state index is -4.95. The molecule has 0 aliphatic carbocycles. The van der Waals surface area contributed by atoms with Crippen LogP contribution < -0.4 is 10.4 Å². The lowest BCUT2D eigenvalue weighted by Crippen LogP contribution is -2.59. The molecule has 2 rings (SSSR count). The van der Waals surface area contributed by atoms with Crippen molar-refractivity contribution in [2.45, 2.75) is 30.4 Å². The number of aromatic carboxylic acids is 1. The van der Waals surface area contributed by atoms with Crippen LogP contribution in [0.5, 0.6) is 0 Å². The molecule has 0 radical (unpaired) electrons. The van der Waals surface area contributed by atoms with Gasteiger partial charge in [0.1, 0.15) is 18.3 Å². The van der Waals surface area contributed by atoms with Crippen molar-refractivity contribution in [2.24, 2.45) is 0 Å². The molecule has 10 nitrogen and oxygen atoms in total. The molecule has 1 aromatic rings. The second-order valence-electron chi connectivity index (χ2n) is 4.99. The molecule has 1 heterocycles. The second-order valence-corrected chi connectivity index (χ2v) is 6.67. The molecule has 1 saturated heterocycles. The number of carboxylic acids is 1. The summed E-state index contributed by atoms with van der Waals surface area (Å²) in [6.07, 6.45) is -7.25. The van der Waals surface area contributed by atoms with E-state index in [0.29, 0.717) is 0 Å². The van der Waals surface area contributed by atoms with Gasteiger partial charge in [-0.3, -0.25) is 4.57 Å². The maximum Gasteiger partial charge on any atom is 0.356 e. The van der Waals surface area contributed by atoms with Crippen LogP contribution in [0.1, 0.15) is 10.4 Å². The van der Waals surface area contributed by atoms with E-state index in [-0.39, 0.29) is 11.3 Å². The zero-order valence-electron chi connectivity index (χ0n) is 11.5. The fraction of sp³-hybridized carbons (Fsp3) is 0.417. The zero-order chi connectivity index (χ0) is 17.4. The summed E-state index contributed by atoms with van der Waals surface area (Å²) >= 11 is 0. The number of carbonyl (C=O) groups is 1. The Bertz CT molecular complexity index is 633. The van der Waals surface area contributed by atoms with Crippen molar-refractivity contribution in [1.82, 2.24) is 0 Å². The number of rotatable bonds is 4. The van der Waals surface area contributed by atoms with Gasteiger partial charge in [0.2, 0.25) is 0 Å². The smallest absolute Gasteiger partial charge is 0.356 e.